The van der Waals surface area contributed by atoms with Gasteiger partial charge in [0.25, 0.3) is 0 Å². The van der Waals surface area contributed by atoms with Crippen LogP contribution in [0.15, 0.2) is 48.5 Å². The number of rotatable bonds is 8. The largest absolute Gasteiger partial charge is 0.508 e. The SMILES string of the molecule is CC(C)NC(=O)C(c1ccc(O)cc1)N(C)C(=O)C(Cc1ccc(O)cc1)NC(=O)OC(C)(C)C. The van der Waals surface area contributed by atoms with Gasteiger partial charge < -0.3 is 30.5 Å². The molecule has 0 bridgehead atoms. The van der Waals surface area contributed by atoms with Crippen molar-refractivity contribution in [3.63, 3.8) is 0 Å². The molecule has 0 saturated heterocycles. The third-order valence-electron chi connectivity index (χ3n) is 4.99. The van der Waals surface area contributed by atoms with Gasteiger partial charge in [0.05, 0.1) is 0 Å². The molecule has 0 fully saturated rings. The summed E-state index contributed by atoms with van der Waals surface area (Å²) in [5, 5.41) is 24.7. The van der Waals surface area contributed by atoms with E-state index in [1.165, 1.54) is 36.2 Å². The summed E-state index contributed by atoms with van der Waals surface area (Å²) < 4.78 is 5.35. The number of hydrogen-bond donors (Lipinski definition) is 4. The second-order valence-corrected chi connectivity index (χ2v) is 9.68. The molecule has 0 aromatic heterocycles. The highest BCUT2D eigenvalue weighted by molar-refractivity contribution is 5.92. The smallest absolute Gasteiger partial charge is 0.408 e. The first-order valence-corrected chi connectivity index (χ1v) is 11.4. The van der Waals surface area contributed by atoms with E-state index in [1.54, 1.807) is 45.0 Å². The van der Waals surface area contributed by atoms with Crippen molar-refractivity contribution in [1.82, 2.24) is 15.5 Å². The molecule has 190 valence electrons. The van der Waals surface area contributed by atoms with Crippen LogP contribution in [0.1, 0.15) is 51.8 Å². The molecule has 0 spiro atoms. The number of likely N-dealkylation sites (N-methyl/N-ethyl adjacent to an activating group) is 1. The van der Waals surface area contributed by atoms with E-state index in [2.05, 4.69) is 10.6 Å². The molecule has 0 aliphatic heterocycles. The van der Waals surface area contributed by atoms with Gasteiger partial charge in [-0.05, 0) is 70.0 Å². The molecule has 2 atom stereocenters. The molecule has 0 saturated carbocycles. The van der Waals surface area contributed by atoms with Crippen LogP contribution in [0, 0.1) is 0 Å². The quantitative estimate of drug-likeness (QED) is 0.454. The number of aromatic hydroxyl groups is 2. The third-order valence-corrected chi connectivity index (χ3v) is 4.99. The highest BCUT2D eigenvalue weighted by Crippen LogP contribution is 2.24. The molecule has 4 N–H and O–H groups in total. The van der Waals surface area contributed by atoms with E-state index in [0.29, 0.717) is 11.1 Å². The summed E-state index contributed by atoms with van der Waals surface area (Å²) in [6.07, 6.45) is -0.660. The summed E-state index contributed by atoms with van der Waals surface area (Å²) in [6, 6.07) is 10.1. The molecule has 2 rings (SSSR count). The molecule has 9 heteroatoms. The molecule has 0 radical (unpaired) electrons. The lowest BCUT2D eigenvalue weighted by Crippen LogP contribution is -2.53. The Kier molecular flexibility index (Phi) is 9.11. The molecule has 2 aromatic carbocycles. The molecule has 35 heavy (non-hydrogen) atoms. The Balaban J connectivity index is 2.39. The van der Waals surface area contributed by atoms with E-state index in [4.69, 9.17) is 4.74 Å². The average Bonchev–Trinajstić information content (AvgIpc) is 2.74. The Hall–Kier alpha value is -3.75. The first-order chi connectivity index (χ1) is 16.3. The van der Waals surface area contributed by atoms with Gasteiger partial charge in [0.15, 0.2) is 0 Å². The van der Waals surface area contributed by atoms with Crippen molar-refractivity contribution in [3.05, 3.63) is 59.7 Å². The maximum atomic E-state index is 13.7. The molecule has 3 amide bonds. The molecular formula is C26H35N3O6. The van der Waals surface area contributed by atoms with Gasteiger partial charge in [-0.15, -0.1) is 0 Å². The number of phenolic OH excluding ortho intramolecular Hbond substituents is 2. The normalized spacial score (nSPS) is 13.0. The maximum absolute atomic E-state index is 13.7. The zero-order chi connectivity index (χ0) is 26.3. The number of hydrogen-bond acceptors (Lipinski definition) is 6. The van der Waals surface area contributed by atoms with E-state index in [9.17, 15) is 24.6 Å². The van der Waals surface area contributed by atoms with Crippen LogP contribution in [0.2, 0.25) is 0 Å². The van der Waals surface area contributed by atoms with E-state index >= 15 is 0 Å². The Labute approximate surface area is 206 Å². The van der Waals surface area contributed by atoms with Crippen LogP contribution in [0.25, 0.3) is 0 Å². The van der Waals surface area contributed by atoms with Crippen LogP contribution in [0.5, 0.6) is 11.5 Å². The number of nitrogens with zero attached hydrogens (tertiary/aromatic N) is 1. The van der Waals surface area contributed by atoms with E-state index in [-0.39, 0.29) is 24.0 Å². The van der Waals surface area contributed by atoms with Gasteiger partial charge in [0, 0.05) is 19.5 Å². The second-order valence-electron chi connectivity index (χ2n) is 9.68. The van der Waals surface area contributed by atoms with E-state index in [0.717, 1.165) is 0 Å². The Morgan fingerprint density at radius 1 is 0.914 bits per heavy atom. The predicted molar refractivity (Wildman–Crippen MR) is 132 cm³/mol. The van der Waals surface area contributed by atoms with Crippen LogP contribution in [0.4, 0.5) is 4.79 Å². The first-order valence-electron chi connectivity index (χ1n) is 11.4. The van der Waals surface area contributed by atoms with Crippen LogP contribution in [-0.4, -0.2) is 57.8 Å². The monoisotopic (exact) mass is 485 g/mol. The number of amides is 3. The number of nitrogens with one attached hydrogen (secondary N) is 2. The Morgan fingerprint density at radius 3 is 1.91 bits per heavy atom. The summed E-state index contributed by atoms with van der Waals surface area (Å²) in [5.74, 6) is -0.808. The van der Waals surface area contributed by atoms with Gasteiger partial charge in [-0.2, -0.15) is 0 Å². The van der Waals surface area contributed by atoms with Crippen molar-refractivity contribution in [3.8, 4) is 11.5 Å². The minimum Gasteiger partial charge on any atom is -0.508 e. The van der Waals surface area contributed by atoms with Crippen molar-refractivity contribution in [1.29, 1.82) is 0 Å². The number of carbonyl (C=O) groups is 3. The van der Waals surface area contributed by atoms with Gasteiger partial charge in [0.2, 0.25) is 11.8 Å². The average molecular weight is 486 g/mol. The van der Waals surface area contributed by atoms with E-state index < -0.39 is 35.6 Å². The first kappa shape index (κ1) is 27.5. The summed E-state index contributed by atoms with van der Waals surface area (Å²) >= 11 is 0. The number of phenols is 2. The van der Waals surface area contributed by atoms with Crippen molar-refractivity contribution in [2.24, 2.45) is 0 Å². The molecule has 2 aromatic rings. The van der Waals surface area contributed by atoms with Crippen LogP contribution >= 0.6 is 0 Å². The summed E-state index contributed by atoms with van der Waals surface area (Å²) in [6.45, 7) is 8.77. The third kappa shape index (κ3) is 8.51. The van der Waals surface area contributed by atoms with Crippen LogP contribution in [-0.2, 0) is 20.7 Å². The van der Waals surface area contributed by atoms with Gasteiger partial charge in [-0.3, -0.25) is 9.59 Å². The number of ether oxygens (including phenoxy) is 1. The highest BCUT2D eigenvalue weighted by atomic mass is 16.6. The summed E-state index contributed by atoms with van der Waals surface area (Å²) in [4.78, 5) is 40.6. The molecular weight excluding hydrogens is 450 g/mol. The molecule has 0 heterocycles. The van der Waals surface area contributed by atoms with Crippen molar-refractivity contribution >= 4 is 17.9 Å². The lowest BCUT2D eigenvalue weighted by molar-refractivity contribution is -0.141. The van der Waals surface area contributed by atoms with Gasteiger partial charge in [-0.25, -0.2) is 4.79 Å². The predicted octanol–water partition coefficient (Wildman–Crippen LogP) is 3.26. The number of carbonyl (C=O) groups excluding carboxylic acids is 3. The van der Waals surface area contributed by atoms with Gasteiger partial charge >= 0.3 is 6.09 Å². The maximum Gasteiger partial charge on any atom is 0.408 e. The number of alkyl carbamates (subject to hydrolysis) is 1. The minimum absolute atomic E-state index is 0.0301. The fourth-order valence-corrected chi connectivity index (χ4v) is 3.46. The minimum atomic E-state index is -1.05. The fraction of sp³-hybridized carbons (Fsp3) is 0.423. The molecule has 9 nitrogen and oxygen atoms in total. The Morgan fingerprint density at radius 2 is 1.43 bits per heavy atom. The molecule has 2 unspecified atom stereocenters. The summed E-state index contributed by atoms with van der Waals surface area (Å²) in [5.41, 5.74) is 0.421. The Bertz CT molecular complexity index is 1010. The highest BCUT2D eigenvalue weighted by Gasteiger charge is 2.34. The standard InChI is InChI=1S/C26H35N3O6/c1-16(2)27-23(32)22(18-9-13-20(31)14-10-18)29(6)24(33)21(28-25(34)35-26(3,4)5)15-17-7-11-19(30)12-8-17/h7-14,16,21-22,30-31H,15H2,1-6H3,(H,27,32)(H,28,34). The topological polar surface area (TPSA) is 128 Å². The zero-order valence-electron chi connectivity index (χ0n) is 21.0. The van der Waals surface area contributed by atoms with Crippen molar-refractivity contribution in [2.45, 2.75) is 64.8 Å². The van der Waals surface area contributed by atoms with Crippen LogP contribution < -0.4 is 10.6 Å². The fourth-order valence-electron chi connectivity index (χ4n) is 3.46. The lowest BCUT2D eigenvalue weighted by Gasteiger charge is -2.32. The molecule has 0 aliphatic rings. The zero-order valence-corrected chi connectivity index (χ0v) is 21.0. The summed E-state index contributed by atoms with van der Waals surface area (Å²) in [7, 11) is 1.49. The van der Waals surface area contributed by atoms with Crippen molar-refractivity contribution in [2.75, 3.05) is 7.05 Å². The number of benzene rings is 2. The second kappa shape index (κ2) is 11.6. The van der Waals surface area contributed by atoms with Gasteiger partial charge in [-0.1, -0.05) is 24.3 Å². The lowest BCUT2D eigenvalue weighted by atomic mass is 10.0. The van der Waals surface area contributed by atoms with Crippen molar-refractivity contribution < 1.29 is 29.3 Å². The molecule has 0 aliphatic carbocycles. The van der Waals surface area contributed by atoms with E-state index in [1.807, 2.05) is 13.8 Å². The van der Waals surface area contributed by atoms with Gasteiger partial charge in [0.1, 0.15) is 29.2 Å². The van der Waals surface area contributed by atoms with Crippen LogP contribution in [0.3, 0.4) is 0 Å².